The van der Waals surface area contributed by atoms with Gasteiger partial charge in [-0.25, -0.2) is 4.98 Å². The molecule has 0 bridgehead atoms. The summed E-state index contributed by atoms with van der Waals surface area (Å²) in [6, 6.07) is 10.7. The SMILES string of the molecule is COc1ccc(-c2noc(CNC(=O)c3cccnc3N(C)C)n2)cc1. The number of anilines is 1. The first kappa shape index (κ1) is 17.4. The van der Waals surface area contributed by atoms with Crippen molar-refractivity contribution in [1.29, 1.82) is 0 Å². The van der Waals surface area contributed by atoms with Crippen LogP contribution in [0.4, 0.5) is 5.82 Å². The summed E-state index contributed by atoms with van der Waals surface area (Å²) in [6.07, 6.45) is 1.64. The fraction of sp³-hybridized carbons (Fsp3) is 0.222. The number of nitrogens with one attached hydrogen (secondary N) is 1. The fourth-order valence-corrected chi connectivity index (χ4v) is 2.37. The van der Waals surface area contributed by atoms with Gasteiger partial charge in [0, 0.05) is 25.9 Å². The Morgan fingerprint density at radius 1 is 1.23 bits per heavy atom. The summed E-state index contributed by atoms with van der Waals surface area (Å²) in [4.78, 5) is 22.7. The zero-order valence-corrected chi connectivity index (χ0v) is 14.8. The molecule has 0 fully saturated rings. The number of hydrogen-bond acceptors (Lipinski definition) is 7. The van der Waals surface area contributed by atoms with Gasteiger partial charge in [-0.15, -0.1) is 0 Å². The van der Waals surface area contributed by atoms with Gasteiger partial charge in [0.2, 0.25) is 11.7 Å². The maximum atomic E-state index is 12.4. The third-order valence-electron chi connectivity index (χ3n) is 3.67. The van der Waals surface area contributed by atoms with E-state index in [0.29, 0.717) is 23.1 Å². The third kappa shape index (κ3) is 3.80. The summed E-state index contributed by atoms with van der Waals surface area (Å²) in [5, 5.41) is 6.71. The number of pyridine rings is 1. The van der Waals surface area contributed by atoms with Crippen LogP contribution in [-0.4, -0.2) is 42.2 Å². The predicted octanol–water partition coefficient (Wildman–Crippen LogP) is 2.14. The standard InChI is InChI=1S/C18H19N5O3/c1-23(2)17-14(5-4-10-19-17)18(24)20-11-15-21-16(22-26-15)12-6-8-13(25-3)9-7-12/h4-10H,11H2,1-3H3,(H,20,24). The minimum absolute atomic E-state index is 0.129. The summed E-state index contributed by atoms with van der Waals surface area (Å²) in [6.45, 7) is 0.129. The molecule has 134 valence electrons. The lowest BCUT2D eigenvalue weighted by atomic mass is 10.2. The normalized spacial score (nSPS) is 10.4. The van der Waals surface area contributed by atoms with Gasteiger partial charge < -0.3 is 19.5 Å². The summed E-state index contributed by atoms with van der Waals surface area (Å²) in [5.74, 6) is 1.85. The van der Waals surface area contributed by atoms with Crippen LogP contribution in [0.5, 0.6) is 5.75 Å². The van der Waals surface area contributed by atoms with Gasteiger partial charge in [-0.3, -0.25) is 4.79 Å². The highest BCUT2D eigenvalue weighted by atomic mass is 16.5. The Hall–Kier alpha value is -3.42. The molecule has 0 saturated carbocycles. The van der Waals surface area contributed by atoms with Gasteiger partial charge in [-0.1, -0.05) is 5.16 Å². The average Bonchev–Trinajstić information content (AvgIpc) is 3.15. The minimum atomic E-state index is -0.258. The Balaban J connectivity index is 1.67. The second-order valence-electron chi connectivity index (χ2n) is 5.69. The van der Waals surface area contributed by atoms with Crippen LogP contribution in [0.25, 0.3) is 11.4 Å². The molecule has 0 unspecified atom stereocenters. The first-order chi connectivity index (χ1) is 12.6. The van der Waals surface area contributed by atoms with Crippen LogP contribution in [0.1, 0.15) is 16.2 Å². The molecule has 0 radical (unpaired) electrons. The van der Waals surface area contributed by atoms with E-state index in [0.717, 1.165) is 11.3 Å². The van der Waals surface area contributed by atoms with Crippen LogP contribution in [-0.2, 0) is 6.54 Å². The van der Waals surface area contributed by atoms with E-state index in [9.17, 15) is 4.79 Å². The maximum Gasteiger partial charge on any atom is 0.255 e. The molecule has 0 saturated heterocycles. The van der Waals surface area contributed by atoms with E-state index >= 15 is 0 Å². The molecule has 8 nitrogen and oxygen atoms in total. The number of aromatic nitrogens is 3. The van der Waals surface area contributed by atoms with Crippen LogP contribution < -0.4 is 15.0 Å². The van der Waals surface area contributed by atoms with Gasteiger partial charge in [-0.2, -0.15) is 4.98 Å². The molecule has 2 aromatic heterocycles. The lowest BCUT2D eigenvalue weighted by Gasteiger charge is -2.14. The van der Waals surface area contributed by atoms with Crippen molar-refractivity contribution in [2.24, 2.45) is 0 Å². The Morgan fingerprint density at radius 3 is 2.69 bits per heavy atom. The molecule has 0 atom stereocenters. The average molecular weight is 353 g/mol. The van der Waals surface area contributed by atoms with E-state index < -0.39 is 0 Å². The Kier molecular flexibility index (Phi) is 5.12. The highest BCUT2D eigenvalue weighted by molar-refractivity contribution is 5.98. The molecular formula is C18H19N5O3. The Bertz CT molecular complexity index is 890. The smallest absolute Gasteiger partial charge is 0.255 e. The zero-order valence-electron chi connectivity index (χ0n) is 14.8. The number of ether oxygens (including phenoxy) is 1. The van der Waals surface area contributed by atoms with Crippen molar-refractivity contribution in [2.45, 2.75) is 6.54 Å². The molecule has 3 rings (SSSR count). The lowest BCUT2D eigenvalue weighted by Crippen LogP contribution is -2.26. The van der Waals surface area contributed by atoms with Crippen LogP contribution in [0.3, 0.4) is 0 Å². The summed E-state index contributed by atoms with van der Waals surface area (Å²) in [7, 11) is 5.27. The van der Waals surface area contributed by atoms with Crippen molar-refractivity contribution in [3.63, 3.8) is 0 Å². The number of rotatable bonds is 6. The molecule has 26 heavy (non-hydrogen) atoms. The second-order valence-corrected chi connectivity index (χ2v) is 5.69. The minimum Gasteiger partial charge on any atom is -0.497 e. The van der Waals surface area contributed by atoms with E-state index in [-0.39, 0.29) is 12.5 Å². The molecule has 2 heterocycles. The van der Waals surface area contributed by atoms with Crippen molar-refractivity contribution in [1.82, 2.24) is 20.4 Å². The van der Waals surface area contributed by atoms with E-state index in [1.807, 2.05) is 38.4 Å². The summed E-state index contributed by atoms with van der Waals surface area (Å²) in [5.41, 5.74) is 1.28. The molecule has 1 amide bonds. The number of hydrogen-bond donors (Lipinski definition) is 1. The van der Waals surface area contributed by atoms with Crippen molar-refractivity contribution in [3.05, 3.63) is 54.0 Å². The lowest BCUT2D eigenvalue weighted by molar-refractivity contribution is 0.0946. The topological polar surface area (TPSA) is 93.4 Å². The Morgan fingerprint density at radius 2 is 2.00 bits per heavy atom. The molecule has 0 aliphatic carbocycles. The van der Waals surface area contributed by atoms with Gasteiger partial charge in [0.15, 0.2) is 0 Å². The quantitative estimate of drug-likeness (QED) is 0.725. The van der Waals surface area contributed by atoms with Crippen molar-refractivity contribution < 1.29 is 14.1 Å². The second kappa shape index (κ2) is 7.64. The van der Waals surface area contributed by atoms with Gasteiger partial charge >= 0.3 is 0 Å². The first-order valence-corrected chi connectivity index (χ1v) is 7.96. The number of carbonyl (C=O) groups is 1. The van der Waals surface area contributed by atoms with Gasteiger partial charge in [0.1, 0.15) is 11.6 Å². The summed E-state index contributed by atoms with van der Waals surface area (Å²) < 4.78 is 10.3. The zero-order chi connectivity index (χ0) is 18.5. The molecule has 0 aliphatic rings. The fourth-order valence-electron chi connectivity index (χ4n) is 2.37. The predicted molar refractivity (Wildman–Crippen MR) is 96.0 cm³/mol. The molecule has 0 aliphatic heterocycles. The van der Waals surface area contributed by atoms with E-state index in [4.69, 9.17) is 9.26 Å². The van der Waals surface area contributed by atoms with E-state index in [1.54, 1.807) is 30.3 Å². The molecule has 8 heteroatoms. The van der Waals surface area contributed by atoms with Gasteiger partial charge in [-0.05, 0) is 36.4 Å². The molecule has 0 spiro atoms. The molecule has 3 aromatic rings. The van der Waals surface area contributed by atoms with Crippen LogP contribution in [0, 0.1) is 0 Å². The van der Waals surface area contributed by atoms with Crippen LogP contribution in [0.15, 0.2) is 47.1 Å². The Labute approximate surface area is 150 Å². The number of carbonyl (C=O) groups excluding carboxylic acids is 1. The van der Waals surface area contributed by atoms with E-state index in [2.05, 4.69) is 20.4 Å². The molecule has 1 N–H and O–H groups in total. The highest BCUT2D eigenvalue weighted by Gasteiger charge is 2.15. The molecule has 1 aromatic carbocycles. The van der Waals surface area contributed by atoms with Gasteiger partial charge in [0.25, 0.3) is 5.91 Å². The van der Waals surface area contributed by atoms with Crippen molar-refractivity contribution in [3.8, 4) is 17.1 Å². The largest absolute Gasteiger partial charge is 0.497 e. The van der Waals surface area contributed by atoms with Crippen molar-refractivity contribution >= 4 is 11.7 Å². The molecular weight excluding hydrogens is 334 g/mol. The number of amides is 1. The number of benzene rings is 1. The van der Waals surface area contributed by atoms with Gasteiger partial charge in [0.05, 0.1) is 19.2 Å². The maximum absolute atomic E-state index is 12.4. The van der Waals surface area contributed by atoms with Crippen LogP contribution >= 0.6 is 0 Å². The van der Waals surface area contributed by atoms with Crippen molar-refractivity contribution in [2.75, 3.05) is 26.1 Å². The highest BCUT2D eigenvalue weighted by Crippen LogP contribution is 2.20. The number of nitrogens with zero attached hydrogens (tertiary/aromatic N) is 4. The van der Waals surface area contributed by atoms with E-state index in [1.165, 1.54) is 0 Å². The number of methoxy groups -OCH3 is 1. The summed E-state index contributed by atoms with van der Waals surface area (Å²) >= 11 is 0. The monoisotopic (exact) mass is 353 g/mol. The first-order valence-electron chi connectivity index (χ1n) is 7.96. The van der Waals surface area contributed by atoms with Crippen LogP contribution in [0.2, 0.25) is 0 Å². The third-order valence-corrected chi connectivity index (χ3v) is 3.67.